The second-order valence-corrected chi connectivity index (χ2v) is 7.25. The van der Waals surface area contributed by atoms with E-state index in [-0.39, 0.29) is 5.60 Å². The number of rotatable bonds is 5. The van der Waals surface area contributed by atoms with Crippen LogP contribution in [0.15, 0.2) is 29.2 Å². The number of ether oxygens (including phenoxy) is 1. The number of hydrogen-bond acceptors (Lipinski definition) is 3. The molecule has 110 valence electrons. The average molecular weight is 291 g/mol. The predicted octanol–water partition coefficient (Wildman–Crippen LogP) is 3.99. The maximum Gasteiger partial charge on any atom is 0.0687 e. The summed E-state index contributed by atoms with van der Waals surface area (Å²) in [6.07, 6.45) is 8.34. The van der Waals surface area contributed by atoms with Gasteiger partial charge in [0.2, 0.25) is 0 Å². The Morgan fingerprint density at radius 2 is 2.15 bits per heavy atom. The molecular formula is C17H25NOS. The summed E-state index contributed by atoms with van der Waals surface area (Å²) in [5, 5.41) is 3.21. The van der Waals surface area contributed by atoms with Crippen LogP contribution >= 0.6 is 11.8 Å². The fourth-order valence-corrected chi connectivity index (χ4v) is 4.56. The third-order valence-electron chi connectivity index (χ3n) is 4.57. The second kappa shape index (κ2) is 6.50. The summed E-state index contributed by atoms with van der Waals surface area (Å²) in [4.78, 5) is 1.37. The van der Waals surface area contributed by atoms with Gasteiger partial charge in [-0.15, -0.1) is 11.8 Å². The quantitative estimate of drug-likeness (QED) is 0.829. The van der Waals surface area contributed by atoms with E-state index in [9.17, 15) is 0 Å². The van der Waals surface area contributed by atoms with Crippen molar-refractivity contribution in [3.05, 3.63) is 29.8 Å². The number of benzene rings is 1. The molecule has 3 heteroatoms. The van der Waals surface area contributed by atoms with Crippen LogP contribution in [0.2, 0.25) is 0 Å². The third kappa shape index (κ3) is 3.38. The molecule has 0 radical (unpaired) electrons. The molecule has 1 atom stereocenters. The zero-order valence-corrected chi connectivity index (χ0v) is 13.2. The van der Waals surface area contributed by atoms with Crippen molar-refractivity contribution < 1.29 is 4.74 Å². The highest BCUT2D eigenvalue weighted by Crippen LogP contribution is 2.44. The lowest BCUT2D eigenvalue weighted by molar-refractivity contribution is -0.0267. The minimum atomic E-state index is 0.277. The van der Waals surface area contributed by atoms with E-state index < -0.39 is 0 Å². The molecule has 1 N–H and O–H groups in total. The van der Waals surface area contributed by atoms with Gasteiger partial charge in [-0.1, -0.05) is 25.0 Å². The van der Waals surface area contributed by atoms with E-state index in [1.165, 1.54) is 49.0 Å². The third-order valence-corrected chi connectivity index (χ3v) is 5.69. The summed E-state index contributed by atoms with van der Waals surface area (Å²) in [6, 6.07) is 8.84. The molecule has 1 unspecified atom stereocenters. The first-order valence-electron chi connectivity index (χ1n) is 7.84. The molecular weight excluding hydrogens is 266 g/mol. The highest BCUT2D eigenvalue weighted by atomic mass is 32.2. The fraction of sp³-hybridized carbons (Fsp3) is 0.647. The van der Waals surface area contributed by atoms with E-state index in [2.05, 4.69) is 29.6 Å². The number of thioether (sulfide) groups is 1. The average Bonchev–Trinajstić information content (AvgIpc) is 3.08. The van der Waals surface area contributed by atoms with Crippen molar-refractivity contribution in [3.63, 3.8) is 0 Å². The van der Waals surface area contributed by atoms with Crippen molar-refractivity contribution >= 4 is 11.8 Å². The minimum Gasteiger partial charge on any atom is -0.371 e. The molecule has 2 aliphatic rings. The molecule has 1 saturated heterocycles. The van der Waals surface area contributed by atoms with Crippen LogP contribution in [0, 0.1) is 0 Å². The van der Waals surface area contributed by atoms with Crippen LogP contribution in [0.25, 0.3) is 0 Å². The zero-order chi connectivity index (χ0) is 13.8. The van der Waals surface area contributed by atoms with Crippen molar-refractivity contribution in [3.8, 4) is 0 Å². The van der Waals surface area contributed by atoms with E-state index in [1.54, 1.807) is 0 Å². The van der Waals surface area contributed by atoms with E-state index in [0.29, 0.717) is 6.10 Å². The first-order valence-corrected chi connectivity index (χ1v) is 8.82. The van der Waals surface area contributed by atoms with E-state index >= 15 is 0 Å². The Morgan fingerprint density at radius 3 is 2.95 bits per heavy atom. The Hall–Kier alpha value is -0.510. The molecule has 1 saturated carbocycles. The summed E-state index contributed by atoms with van der Waals surface area (Å²) in [5.41, 5.74) is 1.64. The lowest BCUT2D eigenvalue weighted by Crippen LogP contribution is -2.25. The van der Waals surface area contributed by atoms with Gasteiger partial charge in [-0.05, 0) is 50.4 Å². The summed E-state index contributed by atoms with van der Waals surface area (Å²) >= 11 is 1.95. The summed E-state index contributed by atoms with van der Waals surface area (Å²) < 4.78 is 6.38. The molecule has 0 bridgehead atoms. The summed E-state index contributed by atoms with van der Waals surface area (Å²) in [6.45, 7) is 0.942. The smallest absolute Gasteiger partial charge is 0.0687 e. The molecule has 1 spiro atoms. The molecule has 1 aliphatic carbocycles. The van der Waals surface area contributed by atoms with Crippen LogP contribution < -0.4 is 5.32 Å². The molecule has 20 heavy (non-hydrogen) atoms. The molecule has 2 fully saturated rings. The first-order chi connectivity index (χ1) is 9.80. The Labute approximate surface area is 126 Å². The Balaban J connectivity index is 1.51. The van der Waals surface area contributed by atoms with Crippen LogP contribution in [0.5, 0.6) is 0 Å². The predicted molar refractivity (Wildman–Crippen MR) is 85.2 cm³/mol. The van der Waals surface area contributed by atoms with Crippen LogP contribution in [0.3, 0.4) is 0 Å². The molecule has 3 rings (SSSR count). The topological polar surface area (TPSA) is 21.3 Å². The minimum absolute atomic E-state index is 0.277. The van der Waals surface area contributed by atoms with Crippen molar-refractivity contribution in [2.24, 2.45) is 0 Å². The van der Waals surface area contributed by atoms with Gasteiger partial charge in [0.25, 0.3) is 0 Å². The number of hydrogen-bond donors (Lipinski definition) is 1. The molecule has 0 aromatic heterocycles. The lowest BCUT2D eigenvalue weighted by atomic mass is 9.98. The molecule has 0 amide bonds. The van der Waals surface area contributed by atoms with Crippen LogP contribution in [0.1, 0.15) is 44.1 Å². The van der Waals surface area contributed by atoms with E-state index in [1.807, 2.05) is 18.8 Å². The van der Waals surface area contributed by atoms with Gasteiger partial charge < -0.3 is 10.1 Å². The maximum absolute atomic E-state index is 6.38. The van der Waals surface area contributed by atoms with Crippen molar-refractivity contribution in [1.82, 2.24) is 5.32 Å². The SMILES string of the molecule is CNCc1cccc(SCC2CCC3(CCCC3)O2)c1. The van der Waals surface area contributed by atoms with Crippen LogP contribution in [0.4, 0.5) is 0 Å². The Bertz CT molecular complexity index is 442. The normalized spacial score (nSPS) is 24.6. The largest absolute Gasteiger partial charge is 0.371 e. The van der Waals surface area contributed by atoms with Gasteiger partial charge in [0.15, 0.2) is 0 Å². The van der Waals surface area contributed by atoms with Gasteiger partial charge in [-0.25, -0.2) is 0 Å². The van der Waals surface area contributed by atoms with Crippen molar-refractivity contribution in [1.29, 1.82) is 0 Å². The summed E-state index contributed by atoms with van der Waals surface area (Å²) in [5.74, 6) is 1.10. The van der Waals surface area contributed by atoms with Crippen molar-refractivity contribution in [2.45, 2.75) is 61.7 Å². The fourth-order valence-electron chi connectivity index (χ4n) is 3.54. The molecule has 1 aromatic carbocycles. The van der Waals surface area contributed by atoms with Gasteiger partial charge in [0, 0.05) is 17.2 Å². The van der Waals surface area contributed by atoms with Crippen LogP contribution in [-0.4, -0.2) is 24.5 Å². The Kier molecular flexibility index (Phi) is 4.69. The summed E-state index contributed by atoms with van der Waals surface area (Å²) in [7, 11) is 1.99. The van der Waals surface area contributed by atoms with Gasteiger partial charge in [0.05, 0.1) is 11.7 Å². The lowest BCUT2D eigenvalue weighted by Gasteiger charge is -2.23. The van der Waals surface area contributed by atoms with Gasteiger partial charge in [-0.3, -0.25) is 0 Å². The molecule has 1 aromatic rings. The highest BCUT2D eigenvalue weighted by molar-refractivity contribution is 7.99. The second-order valence-electron chi connectivity index (χ2n) is 6.16. The monoisotopic (exact) mass is 291 g/mol. The van der Waals surface area contributed by atoms with Gasteiger partial charge >= 0.3 is 0 Å². The highest BCUT2D eigenvalue weighted by Gasteiger charge is 2.41. The van der Waals surface area contributed by atoms with Crippen molar-refractivity contribution in [2.75, 3.05) is 12.8 Å². The standard InChI is InChI=1S/C17H25NOS/c1-18-12-14-5-4-6-16(11-14)20-13-15-7-10-17(19-15)8-2-3-9-17/h4-6,11,15,18H,2-3,7-10,12-13H2,1H3. The molecule has 2 nitrogen and oxygen atoms in total. The zero-order valence-electron chi connectivity index (χ0n) is 12.4. The van der Waals surface area contributed by atoms with E-state index in [4.69, 9.17) is 4.74 Å². The molecule has 1 heterocycles. The first kappa shape index (κ1) is 14.4. The van der Waals surface area contributed by atoms with Gasteiger partial charge in [-0.2, -0.15) is 0 Å². The van der Waals surface area contributed by atoms with Crippen LogP contribution in [-0.2, 0) is 11.3 Å². The number of nitrogens with one attached hydrogen (secondary N) is 1. The van der Waals surface area contributed by atoms with E-state index in [0.717, 1.165) is 12.3 Å². The van der Waals surface area contributed by atoms with Gasteiger partial charge in [0.1, 0.15) is 0 Å². The maximum atomic E-state index is 6.38. The molecule has 1 aliphatic heterocycles. The Morgan fingerprint density at radius 1 is 1.30 bits per heavy atom.